The van der Waals surface area contributed by atoms with Crippen LogP contribution in [0.2, 0.25) is 0 Å². The third kappa shape index (κ3) is 2.98. The average Bonchev–Trinajstić information content (AvgIpc) is 3.46. The SMILES string of the molecule is CNC(=O)c1ccccc1-n1nnnc1C1c2c(cc3c(c2OC)OCO3)CCN1C. The Labute approximate surface area is 178 Å². The van der Waals surface area contributed by atoms with Crippen molar-refractivity contribution >= 4 is 5.91 Å². The number of carbonyl (C=O) groups excluding carboxylic acids is 1. The Morgan fingerprint density at radius 2 is 2.13 bits per heavy atom. The highest BCUT2D eigenvalue weighted by atomic mass is 16.7. The fourth-order valence-electron chi connectivity index (χ4n) is 4.28. The third-order valence-corrected chi connectivity index (χ3v) is 5.74. The highest BCUT2D eigenvalue weighted by Gasteiger charge is 2.38. The number of aromatic nitrogens is 4. The quantitative estimate of drug-likeness (QED) is 0.672. The summed E-state index contributed by atoms with van der Waals surface area (Å²) in [6, 6.07) is 8.93. The zero-order chi connectivity index (χ0) is 21.5. The second kappa shape index (κ2) is 7.55. The van der Waals surface area contributed by atoms with Gasteiger partial charge in [-0.1, -0.05) is 12.1 Å². The zero-order valence-electron chi connectivity index (χ0n) is 17.5. The van der Waals surface area contributed by atoms with E-state index in [-0.39, 0.29) is 18.7 Å². The van der Waals surface area contributed by atoms with E-state index in [2.05, 4.69) is 25.7 Å². The van der Waals surface area contributed by atoms with Gasteiger partial charge in [0.2, 0.25) is 12.5 Å². The molecule has 0 saturated heterocycles. The molecule has 0 saturated carbocycles. The summed E-state index contributed by atoms with van der Waals surface area (Å²) >= 11 is 0. The maximum Gasteiger partial charge on any atom is 0.253 e. The van der Waals surface area contributed by atoms with E-state index < -0.39 is 0 Å². The molecule has 5 rings (SSSR count). The fraction of sp³-hybridized carbons (Fsp3) is 0.333. The molecule has 1 amide bonds. The van der Waals surface area contributed by atoms with Crippen molar-refractivity contribution in [2.24, 2.45) is 0 Å². The molecule has 2 aromatic carbocycles. The average molecular weight is 422 g/mol. The van der Waals surface area contributed by atoms with E-state index in [9.17, 15) is 4.79 Å². The van der Waals surface area contributed by atoms with Gasteiger partial charge < -0.3 is 19.5 Å². The van der Waals surface area contributed by atoms with Crippen LogP contribution in [0, 0.1) is 0 Å². The highest BCUT2D eigenvalue weighted by Crippen LogP contribution is 2.50. The van der Waals surface area contributed by atoms with Gasteiger partial charge in [0.15, 0.2) is 17.3 Å². The molecule has 31 heavy (non-hydrogen) atoms. The van der Waals surface area contributed by atoms with Crippen molar-refractivity contribution in [3.05, 3.63) is 52.8 Å². The number of nitrogens with one attached hydrogen (secondary N) is 1. The molecule has 0 bridgehead atoms. The van der Waals surface area contributed by atoms with Gasteiger partial charge in [0.05, 0.1) is 18.4 Å². The summed E-state index contributed by atoms with van der Waals surface area (Å²) in [5, 5.41) is 15.2. The van der Waals surface area contributed by atoms with Crippen molar-refractivity contribution in [3.63, 3.8) is 0 Å². The van der Waals surface area contributed by atoms with E-state index in [1.165, 1.54) is 0 Å². The number of carbonyl (C=O) groups is 1. The van der Waals surface area contributed by atoms with Crippen LogP contribution in [0.15, 0.2) is 30.3 Å². The number of amides is 1. The first-order chi connectivity index (χ1) is 15.1. The molecule has 0 radical (unpaired) electrons. The molecular formula is C21H22N6O4. The van der Waals surface area contributed by atoms with Crippen molar-refractivity contribution in [2.45, 2.75) is 12.5 Å². The minimum Gasteiger partial charge on any atom is -0.492 e. The Morgan fingerprint density at radius 3 is 2.94 bits per heavy atom. The van der Waals surface area contributed by atoms with E-state index in [1.54, 1.807) is 24.9 Å². The monoisotopic (exact) mass is 422 g/mol. The number of tetrazole rings is 1. The van der Waals surface area contributed by atoms with Crippen LogP contribution in [0.25, 0.3) is 5.69 Å². The summed E-state index contributed by atoms with van der Waals surface area (Å²) in [6.07, 6.45) is 0.825. The van der Waals surface area contributed by atoms with Gasteiger partial charge in [-0.25, -0.2) is 0 Å². The molecule has 10 nitrogen and oxygen atoms in total. The molecular weight excluding hydrogens is 400 g/mol. The summed E-state index contributed by atoms with van der Waals surface area (Å²) in [4.78, 5) is 14.6. The lowest BCUT2D eigenvalue weighted by molar-refractivity contribution is 0.0963. The first-order valence-corrected chi connectivity index (χ1v) is 9.93. The van der Waals surface area contributed by atoms with Gasteiger partial charge in [0.25, 0.3) is 5.91 Å². The van der Waals surface area contributed by atoms with Gasteiger partial charge in [0.1, 0.15) is 6.04 Å². The Hall–Kier alpha value is -3.66. The van der Waals surface area contributed by atoms with E-state index >= 15 is 0 Å². The van der Waals surface area contributed by atoms with Gasteiger partial charge >= 0.3 is 0 Å². The number of rotatable bonds is 4. The molecule has 160 valence electrons. The number of ether oxygens (including phenoxy) is 3. The smallest absolute Gasteiger partial charge is 0.253 e. The van der Waals surface area contributed by atoms with Crippen molar-refractivity contribution in [1.82, 2.24) is 30.4 Å². The largest absolute Gasteiger partial charge is 0.492 e. The van der Waals surface area contributed by atoms with Crippen LogP contribution >= 0.6 is 0 Å². The normalized spacial score (nSPS) is 17.3. The topological polar surface area (TPSA) is 104 Å². The molecule has 1 atom stereocenters. The molecule has 1 aromatic heterocycles. The van der Waals surface area contributed by atoms with Crippen LogP contribution in [0.5, 0.6) is 17.2 Å². The predicted molar refractivity (Wildman–Crippen MR) is 110 cm³/mol. The molecule has 0 fully saturated rings. The number of para-hydroxylation sites is 1. The number of benzene rings is 2. The highest BCUT2D eigenvalue weighted by molar-refractivity contribution is 5.97. The van der Waals surface area contributed by atoms with Crippen LogP contribution in [0.4, 0.5) is 0 Å². The summed E-state index contributed by atoms with van der Waals surface area (Å²) in [7, 11) is 5.23. The fourth-order valence-corrected chi connectivity index (χ4v) is 4.28. The maximum absolute atomic E-state index is 12.5. The van der Waals surface area contributed by atoms with Crippen LogP contribution in [0.3, 0.4) is 0 Å². The summed E-state index contributed by atoms with van der Waals surface area (Å²) in [5.41, 5.74) is 3.12. The maximum atomic E-state index is 12.5. The Morgan fingerprint density at radius 1 is 1.29 bits per heavy atom. The predicted octanol–water partition coefficient (Wildman–Crippen LogP) is 1.34. The molecule has 3 aromatic rings. The van der Waals surface area contributed by atoms with Gasteiger partial charge in [-0.3, -0.25) is 9.69 Å². The van der Waals surface area contributed by atoms with Crippen LogP contribution in [-0.2, 0) is 6.42 Å². The first kappa shape index (κ1) is 19.3. The summed E-state index contributed by atoms with van der Waals surface area (Å²) in [5.74, 6) is 2.26. The van der Waals surface area contributed by atoms with Crippen LogP contribution < -0.4 is 19.5 Å². The van der Waals surface area contributed by atoms with Gasteiger partial charge in [-0.05, 0) is 47.7 Å². The van der Waals surface area contributed by atoms with Crippen molar-refractivity contribution in [1.29, 1.82) is 0 Å². The number of hydrogen-bond donors (Lipinski definition) is 1. The number of hydrogen-bond acceptors (Lipinski definition) is 8. The minimum atomic E-state index is -0.305. The van der Waals surface area contributed by atoms with E-state index in [0.717, 1.165) is 24.1 Å². The third-order valence-electron chi connectivity index (χ3n) is 5.74. The van der Waals surface area contributed by atoms with Gasteiger partial charge in [-0.15, -0.1) is 5.10 Å². The van der Waals surface area contributed by atoms with Crippen molar-refractivity contribution in [3.8, 4) is 22.9 Å². The van der Waals surface area contributed by atoms with Crippen LogP contribution in [-0.4, -0.2) is 65.6 Å². The van der Waals surface area contributed by atoms with Crippen molar-refractivity contribution < 1.29 is 19.0 Å². The second-order valence-electron chi connectivity index (χ2n) is 7.39. The number of likely N-dealkylation sites (N-methyl/N-ethyl adjacent to an activating group) is 1. The molecule has 1 N–H and O–H groups in total. The number of nitrogens with zero attached hydrogens (tertiary/aromatic N) is 5. The molecule has 0 aliphatic carbocycles. The molecule has 10 heteroatoms. The molecule has 1 unspecified atom stereocenters. The van der Waals surface area contributed by atoms with E-state index in [1.807, 2.05) is 31.3 Å². The van der Waals surface area contributed by atoms with Gasteiger partial charge in [-0.2, -0.15) is 4.68 Å². The minimum absolute atomic E-state index is 0.159. The van der Waals surface area contributed by atoms with Crippen molar-refractivity contribution in [2.75, 3.05) is 34.5 Å². The Balaban J connectivity index is 1.70. The lowest BCUT2D eigenvalue weighted by Gasteiger charge is -2.34. The van der Waals surface area contributed by atoms with Gasteiger partial charge in [0, 0.05) is 19.2 Å². The second-order valence-corrected chi connectivity index (χ2v) is 7.39. The first-order valence-electron chi connectivity index (χ1n) is 9.93. The molecule has 2 aliphatic heterocycles. The molecule has 3 heterocycles. The molecule has 2 aliphatic rings. The number of fused-ring (bicyclic) bond motifs is 2. The Kier molecular flexibility index (Phi) is 4.70. The summed E-state index contributed by atoms with van der Waals surface area (Å²) < 4.78 is 18.7. The molecule has 0 spiro atoms. The zero-order valence-corrected chi connectivity index (χ0v) is 17.5. The lowest BCUT2D eigenvalue weighted by atomic mass is 9.90. The van der Waals surface area contributed by atoms with E-state index in [4.69, 9.17) is 14.2 Å². The standard InChI is InChI=1S/C21H22N6O4/c1-22-21(28)13-6-4-5-7-14(13)27-20(23-24-25-27)17-16-12(8-9-26(17)2)10-15-18(19(16)29-3)31-11-30-15/h4-7,10,17H,8-9,11H2,1-3H3,(H,22,28). The van der Waals surface area contributed by atoms with E-state index in [0.29, 0.717) is 34.3 Å². The summed E-state index contributed by atoms with van der Waals surface area (Å²) in [6.45, 7) is 0.955. The van der Waals surface area contributed by atoms with Crippen LogP contribution in [0.1, 0.15) is 33.4 Å². The Bertz CT molecular complexity index is 1160. The number of methoxy groups -OCH3 is 1. The lowest BCUT2D eigenvalue weighted by Crippen LogP contribution is -2.35.